The van der Waals surface area contributed by atoms with Crippen LogP contribution in [0.25, 0.3) is 11.1 Å². The van der Waals surface area contributed by atoms with Gasteiger partial charge in [-0.05, 0) is 41.8 Å². The number of hydrogen-bond donors (Lipinski definition) is 4. The minimum atomic E-state index is -3.91. The maximum Gasteiger partial charge on any atom is 0.412 e. The highest BCUT2D eigenvalue weighted by atomic mass is 35.6. The van der Waals surface area contributed by atoms with E-state index in [0.717, 1.165) is 5.56 Å². The first-order chi connectivity index (χ1) is 19.3. The molecule has 0 heterocycles. The fraction of sp³-hybridized carbons (Fsp3) is 0.222. The van der Waals surface area contributed by atoms with E-state index in [1.807, 2.05) is 6.92 Å². The van der Waals surface area contributed by atoms with Crippen LogP contribution in [0.1, 0.15) is 24.5 Å². The van der Waals surface area contributed by atoms with E-state index in [-0.39, 0.29) is 23.3 Å². The molecular weight excluding hydrogens is 613 g/mol. The number of hydrogen-bond acceptors (Lipinski definition) is 6. The molecule has 0 spiro atoms. The summed E-state index contributed by atoms with van der Waals surface area (Å²) in [6, 6.07) is 19.6. The number of benzene rings is 3. The van der Waals surface area contributed by atoms with Crippen molar-refractivity contribution in [2.24, 2.45) is 5.14 Å². The number of ether oxygens (including phenoxy) is 1. The number of primary sulfonamides is 1. The number of anilines is 1. The van der Waals surface area contributed by atoms with Crippen molar-refractivity contribution in [3.8, 4) is 11.1 Å². The monoisotopic (exact) mass is 639 g/mol. The van der Waals surface area contributed by atoms with Crippen LogP contribution < -0.4 is 15.8 Å². The number of carbonyl (C=O) groups excluding carboxylic acids is 2. The number of rotatable bonds is 9. The van der Waals surface area contributed by atoms with E-state index in [9.17, 15) is 18.0 Å². The van der Waals surface area contributed by atoms with E-state index >= 15 is 0 Å². The number of urea groups is 1. The smallest absolute Gasteiger partial charge is 0.412 e. The molecule has 5 N–H and O–H groups in total. The van der Waals surface area contributed by atoms with Gasteiger partial charge in [-0.15, -0.1) is 0 Å². The molecule has 0 unspecified atom stereocenters. The fourth-order valence-corrected chi connectivity index (χ4v) is 4.74. The Labute approximate surface area is 253 Å². The summed E-state index contributed by atoms with van der Waals surface area (Å²) in [4.78, 5) is 26.7. The molecule has 3 aromatic carbocycles. The van der Waals surface area contributed by atoms with Crippen molar-refractivity contribution in [1.82, 2.24) is 10.2 Å². The summed E-state index contributed by atoms with van der Waals surface area (Å²) in [6.07, 6.45) is -0.249. The molecule has 0 fully saturated rings. The van der Waals surface area contributed by atoms with Crippen LogP contribution in [-0.4, -0.2) is 48.2 Å². The molecule has 41 heavy (non-hydrogen) atoms. The Morgan fingerprint density at radius 3 is 2.34 bits per heavy atom. The van der Waals surface area contributed by atoms with Crippen LogP contribution in [0, 0.1) is 5.41 Å². The molecule has 218 valence electrons. The Hall–Kier alpha value is -3.35. The van der Waals surface area contributed by atoms with E-state index in [0.29, 0.717) is 35.3 Å². The summed E-state index contributed by atoms with van der Waals surface area (Å²) in [7, 11) is -3.91. The number of amides is 3. The normalized spacial score (nSPS) is 11.4. The van der Waals surface area contributed by atoms with Gasteiger partial charge in [-0.25, -0.2) is 23.1 Å². The van der Waals surface area contributed by atoms with Crippen LogP contribution in [0.3, 0.4) is 0 Å². The molecule has 3 amide bonds. The second-order valence-electron chi connectivity index (χ2n) is 8.86. The van der Waals surface area contributed by atoms with Gasteiger partial charge in [-0.2, -0.15) is 0 Å². The number of nitrogens with zero attached hydrogens (tertiary/aromatic N) is 1. The van der Waals surface area contributed by atoms with Crippen molar-refractivity contribution in [2.45, 2.75) is 28.6 Å². The predicted molar refractivity (Wildman–Crippen MR) is 161 cm³/mol. The Morgan fingerprint density at radius 1 is 1.02 bits per heavy atom. The Bertz CT molecular complexity index is 1510. The molecule has 14 heteroatoms. The standard InChI is InChI=1S/C27H28Cl3N5O5S/c1-2-14-35(16-18-6-5-7-20(15-18)24(31)34-26(37)40-17-27(28,29)30)25(36)33-21-12-10-19(11-13-21)22-8-3-4-9-23(22)41(32,38)39/h3-13,15H,2,14,16-17H2,1H3,(H,33,36)(H2,31,34,37)(H2,32,38,39). The van der Waals surface area contributed by atoms with Crippen LogP contribution in [-0.2, 0) is 21.3 Å². The van der Waals surface area contributed by atoms with E-state index in [2.05, 4.69) is 10.6 Å². The van der Waals surface area contributed by atoms with Gasteiger partial charge in [0.1, 0.15) is 12.4 Å². The Kier molecular flexibility index (Phi) is 11.0. The zero-order valence-electron chi connectivity index (χ0n) is 21.9. The van der Waals surface area contributed by atoms with Gasteiger partial charge in [-0.1, -0.05) is 90.3 Å². The highest BCUT2D eigenvalue weighted by Crippen LogP contribution is 2.28. The highest BCUT2D eigenvalue weighted by molar-refractivity contribution is 7.89. The van der Waals surface area contributed by atoms with Gasteiger partial charge in [0.2, 0.25) is 13.8 Å². The molecule has 0 atom stereocenters. The molecule has 0 aliphatic heterocycles. The number of amidine groups is 1. The Morgan fingerprint density at radius 2 is 1.71 bits per heavy atom. The van der Waals surface area contributed by atoms with Crippen LogP contribution in [0.15, 0.2) is 77.7 Å². The maximum atomic E-state index is 13.1. The maximum absolute atomic E-state index is 13.1. The first-order valence-electron chi connectivity index (χ1n) is 12.2. The third kappa shape index (κ3) is 9.91. The highest BCUT2D eigenvalue weighted by Gasteiger charge is 2.23. The fourth-order valence-electron chi connectivity index (χ4n) is 3.81. The Balaban J connectivity index is 1.68. The number of nitrogens with two attached hydrogens (primary N) is 1. The summed E-state index contributed by atoms with van der Waals surface area (Å²) < 4.78 is 26.9. The van der Waals surface area contributed by atoms with Gasteiger partial charge >= 0.3 is 12.1 Å². The summed E-state index contributed by atoms with van der Waals surface area (Å²) in [5.74, 6) is -0.225. The zero-order chi connectivity index (χ0) is 30.2. The molecule has 0 bridgehead atoms. The van der Waals surface area contributed by atoms with Crippen molar-refractivity contribution in [3.05, 3.63) is 83.9 Å². The number of alkyl carbamates (subject to hydrolysis) is 1. The number of carbonyl (C=O) groups is 2. The average molecular weight is 641 g/mol. The number of sulfonamides is 1. The minimum absolute atomic E-state index is 0.0103. The van der Waals surface area contributed by atoms with Crippen LogP contribution in [0.5, 0.6) is 0 Å². The molecule has 0 aromatic heterocycles. The molecule has 0 aliphatic rings. The van der Waals surface area contributed by atoms with Crippen LogP contribution in [0.4, 0.5) is 15.3 Å². The molecule has 0 radical (unpaired) electrons. The summed E-state index contributed by atoms with van der Waals surface area (Å²) in [5.41, 5.74) is 2.71. The van der Waals surface area contributed by atoms with Gasteiger partial charge in [0.25, 0.3) is 0 Å². The second-order valence-corrected chi connectivity index (χ2v) is 12.9. The van der Waals surface area contributed by atoms with Gasteiger partial charge in [0.15, 0.2) is 0 Å². The van der Waals surface area contributed by atoms with Gasteiger partial charge in [-0.3, -0.25) is 10.7 Å². The van der Waals surface area contributed by atoms with Gasteiger partial charge in [0.05, 0.1) is 4.90 Å². The minimum Gasteiger partial charge on any atom is -0.445 e. The van der Waals surface area contributed by atoms with Crippen molar-refractivity contribution in [2.75, 3.05) is 18.5 Å². The second kappa shape index (κ2) is 14.0. The molecule has 0 aliphatic carbocycles. The van der Waals surface area contributed by atoms with Crippen molar-refractivity contribution < 1.29 is 22.7 Å². The summed E-state index contributed by atoms with van der Waals surface area (Å²) in [5, 5.41) is 18.6. The zero-order valence-corrected chi connectivity index (χ0v) is 24.9. The van der Waals surface area contributed by atoms with Gasteiger partial charge in [0, 0.05) is 29.9 Å². The SMILES string of the molecule is CCCN(Cc1cccc(C(=N)NC(=O)OCC(Cl)(Cl)Cl)c1)C(=O)Nc1ccc(-c2ccccc2S(N)(=O)=O)cc1. The van der Waals surface area contributed by atoms with Crippen LogP contribution >= 0.6 is 34.8 Å². The molecule has 3 rings (SSSR count). The molecular formula is C27H28Cl3N5O5S. The largest absolute Gasteiger partial charge is 0.445 e. The van der Waals surface area contributed by atoms with Crippen molar-refractivity contribution >= 4 is 68.5 Å². The number of halogens is 3. The van der Waals surface area contributed by atoms with E-state index in [1.165, 1.54) is 6.07 Å². The molecule has 0 saturated heterocycles. The lowest BCUT2D eigenvalue weighted by atomic mass is 10.1. The summed E-state index contributed by atoms with van der Waals surface area (Å²) >= 11 is 16.7. The van der Waals surface area contributed by atoms with Gasteiger partial charge < -0.3 is 15.0 Å². The van der Waals surface area contributed by atoms with Crippen LogP contribution in [0.2, 0.25) is 0 Å². The third-order valence-corrected chi connectivity index (χ3v) is 6.90. The van der Waals surface area contributed by atoms with Crippen molar-refractivity contribution in [3.63, 3.8) is 0 Å². The van der Waals surface area contributed by atoms with E-state index in [4.69, 9.17) is 50.1 Å². The molecule has 10 nitrogen and oxygen atoms in total. The lowest BCUT2D eigenvalue weighted by Crippen LogP contribution is -2.35. The lowest BCUT2D eigenvalue weighted by Gasteiger charge is -2.23. The predicted octanol–water partition coefficient (Wildman–Crippen LogP) is 5.87. The first-order valence-corrected chi connectivity index (χ1v) is 14.9. The van der Waals surface area contributed by atoms with Crippen molar-refractivity contribution in [1.29, 1.82) is 5.41 Å². The number of nitrogens with one attached hydrogen (secondary N) is 3. The van der Waals surface area contributed by atoms with E-state index in [1.54, 1.807) is 71.6 Å². The lowest BCUT2D eigenvalue weighted by molar-refractivity contribution is 0.154. The van der Waals surface area contributed by atoms with E-state index < -0.39 is 26.5 Å². The number of alkyl halides is 3. The molecule has 0 saturated carbocycles. The topological polar surface area (TPSA) is 155 Å². The third-order valence-electron chi connectivity index (χ3n) is 5.60. The quantitative estimate of drug-likeness (QED) is 0.131. The first kappa shape index (κ1) is 32.2. The average Bonchev–Trinajstić information content (AvgIpc) is 2.91. The summed E-state index contributed by atoms with van der Waals surface area (Å²) in [6.45, 7) is 2.15. The molecule has 3 aromatic rings.